The highest BCUT2D eigenvalue weighted by Gasteiger charge is 2.18. The molecule has 0 spiro atoms. The third-order valence-electron chi connectivity index (χ3n) is 6.15. The number of aromatic amines is 1. The molecule has 0 bridgehead atoms. The number of H-pyrrole nitrogens is 1. The van der Waals surface area contributed by atoms with Crippen molar-refractivity contribution in [3.8, 4) is 11.5 Å². The molecule has 180 valence electrons. The van der Waals surface area contributed by atoms with Crippen LogP contribution in [0.3, 0.4) is 0 Å². The molecule has 0 radical (unpaired) electrons. The second-order valence-electron chi connectivity index (χ2n) is 8.46. The van der Waals surface area contributed by atoms with Gasteiger partial charge in [0, 0.05) is 17.8 Å². The maximum atomic E-state index is 13.3. The molecular weight excluding hydrogens is 442 g/mol. The number of methoxy groups -OCH3 is 2. The molecule has 35 heavy (non-hydrogen) atoms. The van der Waals surface area contributed by atoms with E-state index in [0.717, 1.165) is 33.3 Å². The fraction of sp³-hybridized carbons (Fsp3) is 0.214. The van der Waals surface area contributed by atoms with Crippen molar-refractivity contribution in [3.63, 3.8) is 0 Å². The summed E-state index contributed by atoms with van der Waals surface area (Å²) in [5.74, 6) is 1.44. The molecule has 0 aliphatic rings. The van der Waals surface area contributed by atoms with Gasteiger partial charge < -0.3 is 24.7 Å². The summed E-state index contributed by atoms with van der Waals surface area (Å²) in [5.41, 5.74) is 4.83. The second-order valence-corrected chi connectivity index (χ2v) is 8.46. The van der Waals surface area contributed by atoms with E-state index in [1.807, 2.05) is 56.3 Å². The van der Waals surface area contributed by atoms with Crippen molar-refractivity contribution in [2.45, 2.75) is 26.9 Å². The minimum Gasteiger partial charge on any atom is -0.497 e. The van der Waals surface area contributed by atoms with Gasteiger partial charge in [-0.15, -0.1) is 0 Å². The third kappa shape index (κ3) is 5.46. The Morgan fingerprint density at radius 3 is 2.14 bits per heavy atom. The number of ether oxygens (including phenoxy) is 2. The van der Waals surface area contributed by atoms with Crippen molar-refractivity contribution in [2.24, 2.45) is 0 Å². The topological polar surface area (TPSA) is 83.7 Å². The predicted molar refractivity (Wildman–Crippen MR) is 138 cm³/mol. The van der Waals surface area contributed by atoms with Crippen LogP contribution in [-0.2, 0) is 13.1 Å². The average Bonchev–Trinajstić information content (AvgIpc) is 2.87. The summed E-state index contributed by atoms with van der Waals surface area (Å²) in [6.45, 7) is 4.47. The van der Waals surface area contributed by atoms with Crippen LogP contribution in [0.15, 0.2) is 71.5 Å². The first-order chi connectivity index (χ1) is 16.9. The Morgan fingerprint density at radius 1 is 0.886 bits per heavy atom. The number of urea groups is 1. The van der Waals surface area contributed by atoms with Gasteiger partial charge in [-0.05, 0) is 78.4 Å². The van der Waals surface area contributed by atoms with Crippen LogP contribution in [0.5, 0.6) is 11.5 Å². The number of carbonyl (C=O) groups excluding carboxylic acids is 1. The zero-order valence-corrected chi connectivity index (χ0v) is 20.3. The van der Waals surface area contributed by atoms with Crippen LogP contribution >= 0.6 is 0 Å². The van der Waals surface area contributed by atoms with E-state index in [0.29, 0.717) is 23.5 Å². The number of amides is 2. The van der Waals surface area contributed by atoms with Crippen LogP contribution < -0.4 is 20.3 Å². The molecule has 0 saturated carbocycles. The highest BCUT2D eigenvalue weighted by atomic mass is 16.5. The normalized spacial score (nSPS) is 10.7. The largest absolute Gasteiger partial charge is 0.497 e. The Hall–Kier alpha value is -4.26. The number of nitrogens with one attached hydrogen (secondary N) is 2. The van der Waals surface area contributed by atoms with Crippen LogP contribution in [0.1, 0.15) is 22.3 Å². The quantitative estimate of drug-likeness (QED) is 0.378. The number of fused-ring (bicyclic) bond motifs is 1. The van der Waals surface area contributed by atoms with E-state index in [9.17, 15) is 9.59 Å². The Balaban J connectivity index is 1.64. The number of nitrogens with zero attached hydrogens (tertiary/aromatic N) is 1. The van der Waals surface area contributed by atoms with Crippen molar-refractivity contribution in [3.05, 3.63) is 99.3 Å². The number of rotatable bonds is 7. The van der Waals surface area contributed by atoms with Gasteiger partial charge in [-0.25, -0.2) is 4.79 Å². The molecule has 7 nitrogen and oxygen atoms in total. The molecule has 3 aromatic carbocycles. The van der Waals surface area contributed by atoms with Gasteiger partial charge in [-0.3, -0.25) is 4.79 Å². The molecule has 0 saturated heterocycles. The van der Waals surface area contributed by atoms with Crippen LogP contribution in [0.4, 0.5) is 10.5 Å². The number of carbonyl (C=O) groups is 1. The summed E-state index contributed by atoms with van der Waals surface area (Å²) >= 11 is 0. The Kier molecular flexibility index (Phi) is 7.06. The molecule has 1 aromatic heterocycles. The van der Waals surface area contributed by atoms with E-state index in [1.54, 1.807) is 43.4 Å². The Bertz CT molecular complexity index is 1390. The first-order valence-electron chi connectivity index (χ1n) is 11.3. The fourth-order valence-electron chi connectivity index (χ4n) is 3.92. The van der Waals surface area contributed by atoms with Gasteiger partial charge in [0.05, 0.1) is 26.3 Å². The van der Waals surface area contributed by atoms with Gasteiger partial charge in [0.25, 0.3) is 5.56 Å². The summed E-state index contributed by atoms with van der Waals surface area (Å²) in [6, 6.07) is 20.2. The number of benzene rings is 3. The number of hydrogen-bond donors (Lipinski definition) is 2. The van der Waals surface area contributed by atoms with Crippen molar-refractivity contribution in [1.29, 1.82) is 0 Å². The molecule has 4 aromatic rings. The number of pyridine rings is 1. The summed E-state index contributed by atoms with van der Waals surface area (Å²) in [4.78, 5) is 30.9. The molecule has 1 heterocycles. The van der Waals surface area contributed by atoms with Crippen LogP contribution in [-0.4, -0.2) is 30.1 Å². The number of aryl methyl sites for hydroxylation is 2. The molecule has 0 unspecified atom stereocenters. The third-order valence-corrected chi connectivity index (χ3v) is 6.15. The average molecular weight is 472 g/mol. The minimum atomic E-state index is -0.314. The highest BCUT2D eigenvalue weighted by Crippen LogP contribution is 2.21. The summed E-state index contributed by atoms with van der Waals surface area (Å²) in [5, 5.41) is 3.86. The lowest BCUT2D eigenvalue weighted by Gasteiger charge is -2.23. The molecule has 0 atom stereocenters. The van der Waals surface area contributed by atoms with Crippen molar-refractivity contribution < 1.29 is 14.3 Å². The highest BCUT2D eigenvalue weighted by molar-refractivity contribution is 5.89. The zero-order valence-electron chi connectivity index (χ0n) is 20.3. The zero-order chi connectivity index (χ0) is 24.9. The van der Waals surface area contributed by atoms with E-state index in [4.69, 9.17) is 9.47 Å². The SMILES string of the molecule is COc1ccc(CN(Cc2cc3ccc(C)c(C)c3[nH]c2=O)C(=O)Nc2ccc(OC)cc2)cc1. The van der Waals surface area contributed by atoms with E-state index in [1.165, 1.54) is 0 Å². The monoisotopic (exact) mass is 471 g/mol. The Labute approximate surface area is 204 Å². The van der Waals surface area contributed by atoms with Crippen LogP contribution in [0.25, 0.3) is 10.9 Å². The summed E-state index contributed by atoms with van der Waals surface area (Å²) in [7, 11) is 3.20. The van der Waals surface area contributed by atoms with Gasteiger partial charge in [-0.1, -0.05) is 24.3 Å². The second kappa shape index (κ2) is 10.3. The molecule has 7 heteroatoms. The summed E-state index contributed by atoms with van der Waals surface area (Å²) in [6.07, 6.45) is 0. The molecular formula is C28H29N3O4. The smallest absolute Gasteiger partial charge is 0.322 e. The van der Waals surface area contributed by atoms with Crippen molar-refractivity contribution in [1.82, 2.24) is 9.88 Å². The lowest BCUT2D eigenvalue weighted by molar-refractivity contribution is 0.206. The molecule has 0 fully saturated rings. The number of aromatic nitrogens is 1. The van der Waals surface area contributed by atoms with Gasteiger partial charge in [0.15, 0.2) is 0 Å². The van der Waals surface area contributed by atoms with Crippen molar-refractivity contribution >= 4 is 22.6 Å². The van der Waals surface area contributed by atoms with Gasteiger partial charge >= 0.3 is 6.03 Å². The lowest BCUT2D eigenvalue weighted by atomic mass is 10.0. The standard InChI is InChI=1S/C28H29N3O4/c1-18-5-8-21-15-22(27(32)30-26(21)19(18)2)17-31(16-20-6-11-24(34-3)12-7-20)28(33)29-23-9-13-25(35-4)14-10-23/h5-15H,16-17H2,1-4H3,(H,29,33)(H,30,32). The van der Waals surface area contributed by atoms with Crippen LogP contribution in [0.2, 0.25) is 0 Å². The van der Waals surface area contributed by atoms with Crippen molar-refractivity contribution in [2.75, 3.05) is 19.5 Å². The fourth-order valence-corrected chi connectivity index (χ4v) is 3.92. The molecule has 2 amide bonds. The molecule has 0 aliphatic carbocycles. The first-order valence-corrected chi connectivity index (χ1v) is 11.3. The van der Waals surface area contributed by atoms with E-state index < -0.39 is 0 Å². The number of hydrogen-bond acceptors (Lipinski definition) is 4. The van der Waals surface area contributed by atoms with Gasteiger partial charge in [-0.2, -0.15) is 0 Å². The number of anilines is 1. The Morgan fingerprint density at radius 2 is 1.51 bits per heavy atom. The minimum absolute atomic E-state index is 0.145. The van der Waals surface area contributed by atoms with Gasteiger partial charge in [0.1, 0.15) is 11.5 Å². The molecule has 0 aliphatic heterocycles. The molecule has 4 rings (SSSR count). The predicted octanol–water partition coefficient (Wildman–Crippen LogP) is 5.40. The maximum absolute atomic E-state index is 13.3. The van der Waals surface area contributed by atoms with Crippen LogP contribution in [0, 0.1) is 13.8 Å². The van der Waals surface area contributed by atoms with E-state index in [2.05, 4.69) is 10.3 Å². The van der Waals surface area contributed by atoms with E-state index >= 15 is 0 Å². The lowest BCUT2D eigenvalue weighted by Crippen LogP contribution is -2.35. The van der Waals surface area contributed by atoms with Gasteiger partial charge in [0.2, 0.25) is 0 Å². The maximum Gasteiger partial charge on any atom is 0.322 e. The summed E-state index contributed by atoms with van der Waals surface area (Å²) < 4.78 is 10.4. The first kappa shape index (κ1) is 23.9. The molecule has 2 N–H and O–H groups in total. The van der Waals surface area contributed by atoms with E-state index in [-0.39, 0.29) is 18.1 Å².